The molecule has 3 atom stereocenters. The molecule has 0 aliphatic carbocycles. The first-order valence-electron chi connectivity index (χ1n) is 9.77. The van der Waals surface area contributed by atoms with Crippen LogP contribution < -0.4 is 9.47 Å². The summed E-state index contributed by atoms with van der Waals surface area (Å²) in [4.78, 5) is 15.2. The molecule has 6 heteroatoms. The number of ether oxygens (including phenoxy) is 2. The molecule has 2 saturated heterocycles. The van der Waals surface area contributed by atoms with Crippen LogP contribution in [0.3, 0.4) is 0 Å². The molecular formula is C22H21ClFNO3. The van der Waals surface area contributed by atoms with Gasteiger partial charge in [0.2, 0.25) is 0 Å². The summed E-state index contributed by atoms with van der Waals surface area (Å²) in [5.74, 6) is 1.22. The standard InChI is InChI=1S/C22H21ClFNO3/c23-15-2-5-18(19(24)12-15)14-9-16-3-4-17(10-14)25(16)22(26)13-1-6-20-21(11-13)28-8-7-27-20/h1-2,5-6,11-12,14,16-17H,3-4,7-10H2/t14?,16-,17+. The van der Waals surface area contributed by atoms with Crippen LogP contribution >= 0.6 is 11.6 Å². The van der Waals surface area contributed by atoms with E-state index in [1.807, 2.05) is 4.90 Å². The van der Waals surface area contributed by atoms with Crippen LogP contribution in [-0.2, 0) is 0 Å². The summed E-state index contributed by atoms with van der Waals surface area (Å²) in [6.45, 7) is 1.02. The minimum Gasteiger partial charge on any atom is -0.486 e. The van der Waals surface area contributed by atoms with Crippen molar-refractivity contribution < 1.29 is 18.7 Å². The summed E-state index contributed by atoms with van der Waals surface area (Å²) in [6, 6.07) is 10.6. The quantitative estimate of drug-likeness (QED) is 0.725. The van der Waals surface area contributed by atoms with E-state index in [0.29, 0.717) is 40.9 Å². The second-order valence-corrected chi connectivity index (χ2v) is 8.23. The van der Waals surface area contributed by atoms with Crippen molar-refractivity contribution >= 4 is 17.5 Å². The molecule has 3 aliphatic rings. The fourth-order valence-corrected chi connectivity index (χ4v) is 5.08. The highest BCUT2D eigenvalue weighted by Gasteiger charge is 2.44. The van der Waals surface area contributed by atoms with Crippen LogP contribution in [0.4, 0.5) is 4.39 Å². The molecule has 5 rings (SSSR count). The van der Waals surface area contributed by atoms with Gasteiger partial charge in [-0.15, -0.1) is 0 Å². The maximum Gasteiger partial charge on any atom is 0.254 e. The first-order valence-corrected chi connectivity index (χ1v) is 10.1. The molecule has 2 bridgehead atoms. The Morgan fingerprint density at radius 3 is 2.43 bits per heavy atom. The van der Waals surface area contributed by atoms with Gasteiger partial charge >= 0.3 is 0 Å². The third-order valence-electron chi connectivity index (χ3n) is 6.16. The summed E-state index contributed by atoms with van der Waals surface area (Å²) in [5.41, 5.74) is 1.34. The van der Waals surface area contributed by atoms with Crippen molar-refractivity contribution in [1.29, 1.82) is 0 Å². The summed E-state index contributed by atoms with van der Waals surface area (Å²) in [6.07, 6.45) is 3.50. The van der Waals surface area contributed by atoms with E-state index < -0.39 is 0 Å². The maximum atomic E-state index is 14.4. The minimum absolute atomic E-state index is 0.0273. The van der Waals surface area contributed by atoms with Gasteiger partial charge in [-0.2, -0.15) is 0 Å². The second-order valence-electron chi connectivity index (χ2n) is 7.79. The highest BCUT2D eigenvalue weighted by Crippen LogP contribution is 2.45. The molecule has 0 N–H and O–H groups in total. The lowest BCUT2D eigenvalue weighted by Gasteiger charge is -2.39. The number of carbonyl (C=O) groups is 1. The zero-order valence-corrected chi connectivity index (χ0v) is 16.1. The molecule has 0 spiro atoms. The molecule has 2 aromatic carbocycles. The van der Waals surface area contributed by atoms with Gasteiger partial charge in [0.1, 0.15) is 19.0 Å². The van der Waals surface area contributed by atoms with Crippen LogP contribution in [-0.4, -0.2) is 36.1 Å². The van der Waals surface area contributed by atoms with Crippen molar-refractivity contribution in [2.24, 2.45) is 0 Å². The SMILES string of the molecule is O=C(c1ccc2c(c1)OCCO2)N1[C@@H]2CC[C@H]1CC(c1ccc(Cl)cc1F)C2. The van der Waals surface area contributed by atoms with E-state index in [0.717, 1.165) is 25.7 Å². The van der Waals surface area contributed by atoms with Crippen LogP contribution in [0.2, 0.25) is 5.02 Å². The fraction of sp³-hybridized carbons (Fsp3) is 0.409. The Morgan fingerprint density at radius 2 is 1.71 bits per heavy atom. The molecule has 1 amide bonds. The first kappa shape index (κ1) is 17.8. The highest BCUT2D eigenvalue weighted by atomic mass is 35.5. The number of benzene rings is 2. The predicted molar refractivity (Wildman–Crippen MR) is 104 cm³/mol. The molecule has 1 unspecified atom stereocenters. The Morgan fingerprint density at radius 1 is 1.00 bits per heavy atom. The number of amides is 1. The van der Waals surface area contributed by atoms with Crippen molar-refractivity contribution in [3.63, 3.8) is 0 Å². The van der Waals surface area contributed by atoms with Crippen LogP contribution in [0, 0.1) is 5.82 Å². The molecule has 2 fully saturated rings. The number of halogens is 2. The Bertz CT molecular complexity index is 920. The highest BCUT2D eigenvalue weighted by molar-refractivity contribution is 6.30. The average Bonchev–Trinajstić information content (AvgIpc) is 2.96. The lowest BCUT2D eigenvalue weighted by molar-refractivity contribution is 0.0569. The minimum atomic E-state index is -0.247. The van der Waals surface area contributed by atoms with Gasteiger partial charge in [0.15, 0.2) is 11.5 Å². The van der Waals surface area contributed by atoms with E-state index >= 15 is 0 Å². The summed E-state index contributed by atoms with van der Waals surface area (Å²) >= 11 is 5.90. The molecular weight excluding hydrogens is 381 g/mol. The summed E-state index contributed by atoms with van der Waals surface area (Å²) in [5, 5.41) is 0.412. The van der Waals surface area contributed by atoms with E-state index in [1.54, 1.807) is 30.3 Å². The Hall–Kier alpha value is -2.27. The Balaban J connectivity index is 1.37. The summed E-state index contributed by atoms with van der Waals surface area (Å²) in [7, 11) is 0. The Kier molecular flexibility index (Phi) is 4.43. The molecule has 146 valence electrons. The second kappa shape index (κ2) is 6.96. The van der Waals surface area contributed by atoms with E-state index in [2.05, 4.69) is 0 Å². The zero-order valence-electron chi connectivity index (χ0n) is 15.4. The molecule has 3 heterocycles. The van der Waals surface area contributed by atoms with E-state index in [4.69, 9.17) is 21.1 Å². The number of carbonyl (C=O) groups excluding carboxylic acids is 1. The normalized spacial score (nSPS) is 25.6. The smallest absolute Gasteiger partial charge is 0.254 e. The van der Waals surface area contributed by atoms with Crippen molar-refractivity contribution in [2.75, 3.05) is 13.2 Å². The van der Waals surface area contributed by atoms with Crippen molar-refractivity contribution in [3.8, 4) is 11.5 Å². The van der Waals surface area contributed by atoms with E-state index in [1.165, 1.54) is 6.07 Å². The first-order chi connectivity index (χ1) is 13.6. The number of fused-ring (bicyclic) bond motifs is 3. The number of rotatable bonds is 2. The van der Waals surface area contributed by atoms with Gasteiger partial charge in [-0.05, 0) is 67.5 Å². The van der Waals surface area contributed by atoms with Gasteiger partial charge < -0.3 is 14.4 Å². The summed E-state index contributed by atoms with van der Waals surface area (Å²) < 4.78 is 25.6. The molecule has 2 aromatic rings. The lowest BCUT2D eigenvalue weighted by atomic mass is 9.84. The van der Waals surface area contributed by atoms with Crippen molar-refractivity contribution in [1.82, 2.24) is 4.90 Å². The van der Waals surface area contributed by atoms with E-state index in [-0.39, 0.29) is 29.7 Å². The lowest BCUT2D eigenvalue weighted by Crippen LogP contribution is -2.46. The fourth-order valence-electron chi connectivity index (χ4n) is 4.92. The average molecular weight is 402 g/mol. The zero-order chi connectivity index (χ0) is 19.3. The molecule has 3 aliphatic heterocycles. The molecule has 0 saturated carbocycles. The molecule has 0 aromatic heterocycles. The largest absolute Gasteiger partial charge is 0.486 e. The van der Waals surface area contributed by atoms with Crippen LogP contribution in [0.25, 0.3) is 0 Å². The Labute approximate surface area is 168 Å². The number of hydrogen-bond acceptors (Lipinski definition) is 3. The third kappa shape index (κ3) is 3.02. The van der Waals surface area contributed by atoms with Gasteiger partial charge in [-0.1, -0.05) is 17.7 Å². The van der Waals surface area contributed by atoms with Crippen molar-refractivity contribution in [3.05, 3.63) is 58.4 Å². The van der Waals surface area contributed by atoms with Gasteiger partial charge in [0.25, 0.3) is 5.91 Å². The number of piperidine rings is 1. The van der Waals surface area contributed by atoms with Crippen molar-refractivity contribution in [2.45, 2.75) is 43.7 Å². The third-order valence-corrected chi connectivity index (χ3v) is 6.39. The number of nitrogens with zero attached hydrogens (tertiary/aromatic N) is 1. The van der Waals surface area contributed by atoms with Gasteiger partial charge in [-0.3, -0.25) is 4.79 Å². The van der Waals surface area contributed by atoms with Crippen LogP contribution in [0.5, 0.6) is 11.5 Å². The van der Waals surface area contributed by atoms with Gasteiger partial charge in [0.05, 0.1) is 0 Å². The van der Waals surface area contributed by atoms with E-state index in [9.17, 15) is 9.18 Å². The molecule has 4 nitrogen and oxygen atoms in total. The predicted octanol–water partition coefficient (Wildman–Crippen LogP) is 4.80. The van der Waals surface area contributed by atoms with Crippen LogP contribution in [0.15, 0.2) is 36.4 Å². The van der Waals surface area contributed by atoms with Gasteiger partial charge in [0, 0.05) is 22.7 Å². The molecule has 28 heavy (non-hydrogen) atoms. The monoisotopic (exact) mass is 401 g/mol. The number of hydrogen-bond donors (Lipinski definition) is 0. The van der Waals surface area contributed by atoms with Crippen LogP contribution in [0.1, 0.15) is 47.5 Å². The molecule has 0 radical (unpaired) electrons. The maximum absolute atomic E-state index is 14.4. The van der Waals surface area contributed by atoms with Gasteiger partial charge in [-0.25, -0.2) is 4.39 Å². The topological polar surface area (TPSA) is 38.8 Å².